The van der Waals surface area contributed by atoms with Gasteiger partial charge in [-0.25, -0.2) is 4.98 Å². The van der Waals surface area contributed by atoms with Crippen molar-refractivity contribution in [2.75, 3.05) is 0 Å². The number of aromatic nitrogens is 2. The number of thiazole rings is 1. The lowest BCUT2D eigenvalue weighted by atomic mass is 9.78. The minimum absolute atomic E-state index is 0.100. The third kappa shape index (κ3) is 4.95. The molecule has 0 spiro atoms. The van der Waals surface area contributed by atoms with E-state index in [4.69, 9.17) is 9.36 Å². The first-order valence-corrected chi connectivity index (χ1v) is 11.2. The topological polar surface area (TPSA) is 25.8 Å². The Morgan fingerprint density at radius 2 is 1.31 bits per heavy atom. The summed E-state index contributed by atoms with van der Waals surface area (Å²) in [7, 11) is 0. The van der Waals surface area contributed by atoms with Crippen molar-refractivity contribution in [3.05, 3.63) is 32.7 Å². The summed E-state index contributed by atoms with van der Waals surface area (Å²) in [5.74, 6) is 0. The van der Waals surface area contributed by atoms with Crippen LogP contribution in [0.3, 0.4) is 0 Å². The van der Waals surface area contributed by atoms with Crippen molar-refractivity contribution in [2.24, 2.45) is 0 Å². The second kappa shape index (κ2) is 7.01. The molecule has 0 bridgehead atoms. The molecule has 0 atom stereocenters. The Kier molecular flexibility index (Phi) is 5.82. The lowest BCUT2D eigenvalue weighted by molar-refractivity contribution is 0.376. The first-order valence-electron chi connectivity index (χ1n) is 9.57. The van der Waals surface area contributed by atoms with Gasteiger partial charge in [-0.15, -0.1) is 11.3 Å². The quantitative estimate of drug-likeness (QED) is 0.536. The summed E-state index contributed by atoms with van der Waals surface area (Å²) < 4.78 is 4.72. The van der Waals surface area contributed by atoms with Crippen LogP contribution in [0.15, 0.2) is 11.4 Å². The Labute approximate surface area is 168 Å². The van der Waals surface area contributed by atoms with Crippen LogP contribution < -0.4 is 0 Å². The van der Waals surface area contributed by atoms with Gasteiger partial charge in [-0.3, -0.25) is 0 Å². The Hall–Kier alpha value is -0.740. The van der Waals surface area contributed by atoms with Crippen LogP contribution in [0.25, 0.3) is 0 Å². The van der Waals surface area contributed by atoms with Crippen LogP contribution in [0.4, 0.5) is 0 Å². The summed E-state index contributed by atoms with van der Waals surface area (Å²) in [5.41, 5.74) is 2.90. The van der Waals surface area contributed by atoms with E-state index in [1.807, 2.05) is 11.3 Å². The highest BCUT2D eigenvalue weighted by Crippen LogP contribution is 2.40. The third-order valence-electron chi connectivity index (χ3n) is 5.17. The molecule has 0 amide bonds. The highest BCUT2D eigenvalue weighted by Gasteiger charge is 2.32. The molecule has 146 valence electrons. The normalized spacial score (nSPS) is 14.1. The zero-order valence-electron chi connectivity index (χ0n) is 18.3. The molecule has 0 unspecified atom stereocenters. The molecule has 2 nitrogen and oxygen atoms in total. The molecule has 0 saturated heterocycles. The highest BCUT2D eigenvalue weighted by molar-refractivity contribution is 7.09. The first-order chi connectivity index (χ1) is 11.6. The predicted molar refractivity (Wildman–Crippen MR) is 117 cm³/mol. The van der Waals surface area contributed by atoms with Crippen LogP contribution in [-0.4, -0.2) is 9.36 Å². The van der Waals surface area contributed by atoms with Crippen LogP contribution in [0, 0.1) is 0 Å². The molecule has 0 aliphatic rings. The Bertz CT molecular complexity index is 673. The Morgan fingerprint density at radius 1 is 0.769 bits per heavy atom. The molecule has 0 aromatic carbocycles. The maximum Gasteiger partial charge on any atom is 0.0984 e. The molecule has 0 radical (unpaired) electrons. The van der Waals surface area contributed by atoms with Crippen LogP contribution in [0.5, 0.6) is 0 Å². The van der Waals surface area contributed by atoms with Crippen molar-refractivity contribution in [3.8, 4) is 0 Å². The van der Waals surface area contributed by atoms with Gasteiger partial charge in [0, 0.05) is 31.9 Å². The Morgan fingerprint density at radius 3 is 1.77 bits per heavy atom. The van der Waals surface area contributed by atoms with Crippen molar-refractivity contribution in [3.63, 3.8) is 0 Å². The summed E-state index contributed by atoms with van der Waals surface area (Å²) in [5, 5.41) is 3.50. The van der Waals surface area contributed by atoms with Crippen molar-refractivity contribution in [1.82, 2.24) is 9.36 Å². The van der Waals surface area contributed by atoms with Gasteiger partial charge in [-0.05, 0) is 30.4 Å². The van der Waals surface area contributed by atoms with Gasteiger partial charge in [-0.1, -0.05) is 69.2 Å². The largest absolute Gasteiger partial charge is 0.245 e. The van der Waals surface area contributed by atoms with Crippen LogP contribution in [0.2, 0.25) is 0 Å². The second-order valence-electron chi connectivity index (χ2n) is 10.9. The molecule has 2 heterocycles. The summed E-state index contributed by atoms with van der Waals surface area (Å²) >= 11 is 3.49. The van der Waals surface area contributed by atoms with E-state index >= 15 is 0 Å². The molecule has 0 aliphatic heterocycles. The summed E-state index contributed by atoms with van der Waals surface area (Å²) in [6, 6.07) is 2.32. The molecular weight excluding hydrogens is 356 g/mol. The summed E-state index contributed by atoms with van der Waals surface area (Å²) in [6.07, 6.45) is 2.26. The molecule has 2 aromatic heterocycles. The molecule has 0 aliphatic carbocycles. The van der Waals surface area contributed by atoms with Gasteiger partial charge < -0.3 is 0 Å². The van der Waals surface area contributed by atoms with E-state index < -0.39 is 0 Å². The van der Waals surface area contributed by atoms with Gasteiger partial charge >= 0.3 is 0 Å². The van der Waals surface area contributed by atoms with Crippen LogP contribution in [0.1, 0.15) is 103 Å². The fourth-order valence-corrected chi connectivity index (χ4v) is 4.97. The van der Waals surface area contributed by atoms with E-state index in [0.29, 0.717) is 0 Å². The molecule has 0 N–H and O–H groups in total. The number of hydrogen-bond acceptors (Lipinski definition) is 4. The molecule has 2 aromatic rings. The average Bonchev–Trinajstić information content (AvgIpc) is 3.13. The van der Waals surface area contributed by atoms with Gasteiger partial charge in [-0.2, -0.15) is 4.37 Å². The van der Waals surface area contributed by atoms with Crippen molar-refractivity contribution < 1.29 is 0 Å². The lowest BCUT2D eigenvalue weighted by Crippen LogP contribution is -2.24. The second-order valence-corrected chi connectivity index (χ2v) is 12.5. The number of rotatable bonds is 5. The predicted octanol–water partition coefficient (Wildman–Crippen LogP) is 7.23. The van der Waals surface area contributed by atoms with E-state index in [0.717, 1.165) is 12.8 Å². The van der Waals surface area contributed by atoms with E-state index in [2.05, 4.69) is 80.7 Å². The first kappa shape index (κ1) is 21.6. The minimum Gasteiger partial charge on any atom is -0.245 e. The molecule has 2 rings (SSSR count). The van der Waals surface area contributed by atoms with Crippen molar-refractivity contribution >= 4 is 22.9 Å². The van der Waals surface area contributed by atoms with Gasteiger partial charge in [0.15, 0.2) is 0 Å². The smallest absolute Gasteiger partial charge is 0.0984 e. The van der Waals surface area contributed by atoms with Gasteiger partial charge in [0.2, 0.25) is 0 Å². The third-order valence-corrected chi connectivity index (χ3v) is 7.54. The minimum atomic E-state index is 0.100. The average molecular weight is 393 g/mol. The molecule has 26 heavy (non-hydrogen) atoms. The lowest BCUT2D eigenvalue weighted by Gasteiger charge is -2.29. The SMILES string of the molecule is CC(C)(C)c1cc(C(C)(C)CCC(C)(C)c2nc(C(C)(C)C)cs2)sn1. The van der Waals surface area contributed by atoms with Crippen molar-refractivity contribution in [1.29, 1.82) is 0 Å². The fraction of sp³-hybridized carbons (Fsp3) is 0.727. The fourth-order valence-electron chi connectivity index (χ4n) is 2.73. The van der Waals surface area contributed by atoms with Gasteiger partial charge in [0.05, 0.1) is 16.4 Å². The monoisotopic (exact) mass is 392 g/mol. The van der Waals surface area contributed by atoms with Gasteiger partial charge in [0.1, 0.15) is 0 Å². The highest BCUT2D eigenvalue weighted by atomic mass is 32.1. The zero-order valence-corrected chi connectivity index (χ0v) is 19.9. The maximum atomic E-state index is 4.97. The number of hydrogen-bond donors (Lipinski definition) is 0. The van der Waals surface area contributed by atoms with Crippen LogP contribution >= 0.6 is 22.9 Å². The molecule has 0 saturated carbocycles. The van der Waals surface area contributed by atoms with E-state index in [-0.39, 0.29) is 21.7 Å². The van der Waals surface area contributed by atoms with E-state index in [1.54, 1.807) is 11.5 Å². The summed E-state index contributed by atoms with van der Waals surface area (Å²) in [4.78, 5) is 6.37. The molecule has 0 fully saturated rings. The van der Waals surface area contributed by atoms with E-state index in [9.17, 15) is 0 Å². The maximum absolute atomic E-state index is 4.97. The zero-order chi connectivity index (χ0) is 20.0. The standard InChI is InChI=1S/C22H36N2S2/c1-19(2,3)15-13-17(26-24-15)21(7,8)11-12-22(9,10)18-23-16(14-25-18)20(4,5)6/h13-14H,11-12H2,1-10H3. The number of nitrogens with zero attached hydrogens (tertiary/aromatic N) is 2. The molecular formula is C22H36N2S2. The van der Waals surface area contributed by atoms with Crippen molar-refractivity contribution in [2.45, 2.75) is 104 Å². The van der Waals surface area contributed by atoms with Crippen LogP contribution in [-0.2, 0) is 21.7 Å². The van der Waals surface area contributed by atoms with Gasteiger partial charge in [0.25, 0.3) is 0 Å². The summed E-state index contributed by atoms with van der Waals surface area (Å²) in [6.45, 7) is 22.8. The van der Waals surface area contributed by atoms with E-state index in [1.165, 1.54) is 21.3 Å². The Balaban J connectivity index is 2.12. The molecule has 4 heteroatoms.